The fourth-order valence-corrected chi connectivity index (χ4v) is 4.22. The summed E-state index contributed by atoms with van der Waals surface area (Å²) < 4.78 is 2.09. The van der Waals surface area contributed by atoms with Gasteiger partial charge in [-0.25, -0.2) is 9.97 Å². The Labute approximate surface area is 159 Å². The average molecular weight is 364 g/mol. The molecule has 0 spiro atoms. The van der Waals surface area contributed by atoms with Crippen LogP contribution in [-0.4, -0.2) is 19.5 Å². The van der Waals surface area contributed by atoms with Crippen molar-refractivity contribution in [3.05, 3.63) is 58.4 Å². The molecule has 1 N–H and O–H groups in total. The SMILES string of the molecule is CC(CCCc1ccccc1)n1cnc2c(=O)[nH]c(C3CCCCC3)nc21. The van der Waals surface area contributed by atoms with Crippen LogP contribution in [0.5, 0.6) is 0 Å². The first kappa shape index (κ1) is 18.0. The Morgan fingerprint density at radius 1 is 1.19 bits per heavy atom. The van der Waals surface area contributed by atoms with Crippen LogP contribution in [-0.2, 0) is 6.42 Å². The number of rotatable bonds is 6. The van der Waals surface area contributed by atoms with E-state index in [1.165, 1.54) is 24.8 Å². The second kappa shape index (κ2) is 8.07. The van der Waals surface area contributed by atoms with Crippen LogP contribution in [0, 0.1) is 0 Å². The van der Waals surface area contributed by atoms with Crippen molar-refractivity contribution in [2.24, 2.45) is 0 Å². The zero-order valence-corrected chi connectivity index (χ0v) is 16.0. The molecule has 1 aromatic carbocycles. The quantitative estimate of drug-likeness (QED) is 0.686. The van der Waals surface area contributed by atoms with Crippen LogP contribution in [0.2, 0.25) is 0 Å². The minimum Gasteiger partial charge on any atom is -0.312 e. The van der Waals surface area contributed by atoms with Crippen molar-refractivity contribution in [3.63, 3.8) is 0 Å². The normalized spacial score (nSPS) is 16.6. The molecular formula is C22H28N4O. The van der Waals surface area contributed by atoms with Gasteiger partial charge in [0.05, 0.1) is 6.33 Å². The number of hydrogen-bond acceptors (Lipinski definition) is 3. The molecule has 3 aromatic rings. The molecule has 5 heteroatoms. The predicted octanol–water partition coefficient (Wildman–Crippen LogP) is 4.75. The van der Waals surface area contributed by atoms with E-state index in [2.05, 4.69) is 51.8 Å². The number of aryl methyl sites for hydroxylation is 1. The molecule has 1 atom stereocenters. The summed E-state index contributed by atoms with van der Waals surface area (Å²) in [6.07, 6.45) is 11.0. The highest BCUT2D eigenvalue weighted by Gasteiger charge is 2.21. The number of H-pyrrole nitrogens is 1. The number of fused-ring (bicyclic) bond motifs is 1. The first-order chi connectivity index (χ1) is 13.2. The topological polar surface area (TPSA) is 63.6 Å². The third-order valence-electron chi connectivity index (χ3n) is 5.85. The summed E-state index contributed by atoms with van der Waals surface area (Å²) in [4.78, 5) is 24.7. The van der Waals surface area contributed by atoms with E-state index < -0.39 is 0 Å². The predicted molar refractivity (Wildman–Crippen MR) is 108 cm³/mol. The second-order valence-electron chi connectivity index (χ2n) is 7.84. The standard InChI is InChI=1S/C22H28N4O/c1-16(9-8-12-17-10-4-2-5-11-17)26-15-23-19-21(26)24-20(25-22(19)27)18-13-6-3-7-14-18/h2,4-5,10-11,15-16,18H,3,6-9,12-14H2,1H3,(H,24,25,27). The fourth-order valence-electron chi connectivity index (χ4n) is 4.22. The number of nitrogens with zero attached hydrogens (tertiary/aromatic N) is 3. The van der Waals surface area contributed by atoms with Crippen LogP contribution in [0.25, 0.3) is 11.2 Å². The number of imidazole rings is 1. The molecule has 1 unspecified atom stereocenters. The Hall–Kier alpha value is -2.43. The minimum atomic E-state index is -0.101. The molecule has 0 bridgehead atoms. The summed E-state index contributed by atoms with van der Waals surface area (Å²) >= 11 is 0. The average Bonchev–Trinajstić information content (AvgIpc) is 3.14. The second-order valence-corrected chi connectivity index (χ2v) is 7.84. The molecular weight excluding hydrogens is 336 g/mol. The van der Waals surface area contributed by atoms with Crippen molar-refractivity contribution >= 4 is 11.2 Å². The zero-order valence-electron chi connectivity index (χ0n) is 16.0. The summed E-state index contributed by atoms with van der Waals surface area (Å²) in [6, 6.07) is 10.9. The van der Waals surface area contributed by atoms with Crippen molar-refractivity contribution in [1.29, 1.82) is 0 Å². The van der Waals surface area contributed by atoms with Crippen LogP contribution in [0.1, 0.15) is 75.2 Å². The summed E-state index contributed by atoms with van der Waals surface area (Å²) in [5.74, 6) is 1.23. The molecule has 1 saturated carbocycles. The van der Waals surface area contributed by atoms with Crippen LogP contribution in [0.4, 0.5) is 0 Å². The number of benzene rings is 1. The van der Waals surface area contributed by atoms with Gasteiger partial charge in [0.25, 0.3) is 5.56 Å². The van der Waals surface area contributed by atoms with Gasteiger partial charge < -0.3 is 9.55 Å². The Bertz CT molecular complexity index is 938. The lowest BCUT2D eigenvalue weighted by molar-refractivity contribution is 0.427. The van der Waals surface area contributed by atoms with E-state index in [-0.39, 0.29) is 11.6 Å². The van der Waals surface area contributed by atoms with Gasteiger partial charge in [0.15, 0.2) is 11.2 Å². The van der Waals surface area contributed by atoms with E-state index in [9.17, 15) is 4.79 Å². The lowest BCUT2D eigenvalue weighted by Gasteiger charge is -2.21. The first-order valence-electron chi connectivity index (χ1n) is 10.2. The van der Waals surface area contributed by atoms with Crippen molar-refractivity contribution < 1.29 is 0 Å². The molecule has 0 saturated heterocycles. The molecule has 0 radical (unpaired) electrons. The third kappa shape index (κ3) is 3.97. The van der Waals surface area contributed by atoms with Crippen LogP contribution < -0.4 is 5.56 Å². The van der Waals surface area contributed by atoms with Crippen molar-refractivity contribution in [2.45, 2.75) is 70.3 Å². The summed E-state index contributed by atoms with van der Waals surface area (Å²) in [5, 5.41) is 0. The van der Waals surface area contributed by atoms with Crippen LogP contribution in [0.15, 0.2) is 41.5 Å². The number of nitrogens with one attached hydrogen (secondary N) is 1. The summed E-state index contributed by atoms with van der Waals surface area (Å²) in [6.45, 7) is 2.19. The third-order valence-corrected chi connectivity index (χ3v) is 5.85. The Balaban J connectivity index is 1.52. The maximum atomic E-state index is 12.5. The lowest BCUT2D eigenvalue weighted by Crippen LogP contribution is -2.18. The van der Waals surface area contributed by atoms with Gasteiger partial charge >= 0.3 is 0 Å². The molecule has 2 heterocycles. The molecule has 2 aromatic heterocycles. The van der Waals surface area contributed by atoms with Gasteiger partial charge in [-0.05, 0) is 44.6 Å². The van der Waals surface area contributed by atoms with E-state index in [1.54, 1.807) is 6.33 Å². The molecule has 0 aliphatic heterocycles. The molecule has 142 valence electrons. The maximum absolute atomic E-state index is 12.5. The van der Waals surface area contributed by atoms with E-state index >= 15 is 0 Å². The monoisotopic (exact) mass is 364 g/mol. The van der Waals surface area contributed by atoms with Crippen molar-refractivity contribution in [3.8, 4) is 0 Å². The summed E-state index contributed by atoms with van der Waals surface area (Å²) in [5.41, 5.74) is 2.47. The van der Waals surface area contributed by atoms with Crippen molar-refractivity contribution in [1.82, 2.24) is 19.5 Å². The van der Waals surface area contributed by atoms with Gasteiger partial charge in [-0.1, -0.05) is 49.6 Å². The molecule has 5 nitrogen and oxygen atoms in total. The number of hydrogen-bond donors (Lipinski definition) is 1. The van der Waals surface area contributed by atoms with Gasteiger partial charge in [0.1, 0.15) is 5.82 Å². The molecule has 1 aliphatic carbocycles. The molecule has 27 heavy (non-hydrogen) atoms. The van der Waals surface area contributed by atoms with Gasteiger partial charge in [-0.15, -0.1) is 0 Å². The van der Waals surface area contributed by atoms with Crippen molar-refractivity contribution in [2.75, 3.05) is 0 Å². The summed E-state index contributed by atoms with van der Waals surface area (Å²) in [7, 11) is 0. The van der Waals surface area contributed by atoms with E-state index in [1.807, 2.05) is 0 Å². The molecule has 0 amide bonds. The maximum Gasteiger partial charge on any atom is 0.279 e. The Kier molecular flexibility index (Phi) is 5.37. The van der Waals surface area contributed by atoms with Gasteiger partial charge in [-0.3, -0.25) is 4.79 Å². The smallest absolute Gasteiger partial charge is 0.279 e. The molecule has 1 fully saturated rings. The van der Waals surface area contributed by atoms with Crippen LogP contribution in [0.3, 0.4) is 0 Å². The number of aromatic amines is 1. The zero-order chi connectivity index (χ0) is 18.6. The van der Waals surface area contributed by atoms with E-state index in [0.29, 0.717) is 11.4 Å². The molecule has 4 rings (SSSR count). The van der Waals surface area contributed by atoms with Crippen LogP contribution >= 0.6 is 0 Å². The molecule has 1 aliphatic rings. The highest BCUT2D eigenvalue weighted by Crippen LogP contribution is 2.31. The van der Waals surface area contributed by atoms with E-state index in [0.717, 1.165) is 43.6 Å². The first-order valence-corrected chi connectivity index (χ1v) is 10.2. The van der Waals surface area contributed by atoms with E-state index in [4.69, 9.17) is 4.98 Å². The number of aromatic nitrogens is 4. The highest BCUT2D eigenvalue weighted by atomic mass is 16.1. The van der Waals surface area contributed by atoms with Gasteiger partial charge in [0, 0.05) is 12.0 Å². The largest absolute Gasteiger partial charge is 0.312 e. The highest BCUT2D eigenvalue weighted by molar-refractivity contribution is 5.69. The fraction of sp³-hybridized carbons (Fsp3) is 0.500. The Morgan fingerprint density at radius 2 is 1.96 bits per heavy atom. The van der Waals surface area contributed by atoms with Gasteiger partial charge in [-0.2, -0.15) is 0 Å². The Morgan fingerprint density at radius 3 is 2.74 bits per heavy atom. The lowest BCUT2D eigenvalue weighted by atomic mass is 9.89. The van der Waals surface area contributed by atoms with Gasteiger partial charge in [0.2, 0.25) is 0 Å². The minimum absolute atomic E-state index is 0.101.